The topological polar surface area (TPSA) is 56.7 Å². The molecule has 1 aromatic carbocycles. The molecule has 3 rings (SSSR count). The van der Waals surface area contributed by atoms with Crippen LogP contribution in [0, 0.1) is 6.92 Å². The van der Waals surface area contributed by atoms with Gasteiger partial charge in [-0.15, -0.1) is 5.10 Å². The molecule has 5 heteroatoms. The third kappa shape index (κ3) is 1.78. The van der Waals surface area contributed by atoms with Gasteiger partial charge in [0.2, 0.25) is 0 Å². The first-order chi connectivity index (χ1) is 8.16. The van der Waals surface area contributed by atoms with Gasteiger partial charge in [-0.25, -0.2) is 4.68 Å². The zero-order chi connectivity index (χ0) is 12.0. The minimum absolute atomic E-state index is 0.505. The monoisotopic (exact) mass is 248 g/mol. The van der Waals surface area contributed by atoms with E-state index in [1.807, 2.05) is 25.1 Å². The first kappa shape index (κ1) is 10.6. The predicted molar refractivity (Wildman–Crippen MR) is 67.5 cm³/mol. The summed E-state index contributed by atoms with van der Waals surface area (Å²) in [4.78, 5) is 0. The summed E-state index contributed by atoms with van der Waals surface area (Å²) >= 11 is 6.13. The van der Waals surface area contributed by atoms with E-state index in [0.717, 1.165) is 34.8 Å². The lowest BCUT2D eigenvalue weighted by atomic mass is 10.2. The van der Waals surface area contributed by atoms with Gasteiger partial charge in [0.1, 0.15) is 0 Å². The van der Waals surface area contributed by atoms with Crippen LogP contribution >= 0.6 is 11.6 Å². The van der Waals surface area contributed by atoms with Crippen molar-refractivity contribution in [3.05, 3.63) is 34.5 Å². The van der Waals surface area contributed by atoms with Crippen molar-refractivity contribution in [2.45, 2.75) is 25.7 Å². The van der Waals surface area contributed by atoms with Gasteiger partial charge in [-0.3, -0.25) is 0 Å². The van der Waals surface area contributed by atoms with Gasteiger partial charge in [0.25, 0.3) is 0 Å². The summed E-state index contributed by atoms with van der Waals surface area (Å²) < 4.78 is 1.80. The molecular weight excluding hydrogens is 236 g/mol. The highest BCUT2D eigenvalue weighted by Crippen LogP contribution is 2.42. The Balaban J connectivity index is 2.11. The van der Waals surface area contributed by atoms with Crippen LogP contribution < -0.4 is 5.73 Å². The lowest BCUT2D eigenvalue weighted by Gasteiger charge is -2.07. The van der Waals surface area contributed by atoms with E-state index in [9.17, 15) is 0 Å². The molecular formula is C12H13ClN4. The molecule has 2 N–H and O–H groups in total. The van der Waals surface area contributed by atoms with E-state index in [0.29, 0.717) is 11.7 Å². The number of nitrogen functional groups attached to an aromatic ring is 1. The molecule has 0 atom stereocenters. The first-order valence-electron chi connectivity index (χ1n) is 5.64. The van der Waals surface area contributed by atoms with Gasteiger partial charge >= 0.3 is 0 Å². The van der Waals surface area contributed by atoms with Crippen molar-refractivity contribution in [2.24, 2.45) is 0 Å². The summed E-state index contributed by atoms with van der Waals surface area (Å²) in [5, 5.41) is 8.79. The van der Waals surface area contributed by atoms with Gasteiger partial charge in [0.15, 0.2) is 5.82 Å². The molecule has 1 aromatic heterocycles. The molecule has 4 nitrogen and oxygen atoms in total. The zero-order valence-electron chi connectivity index (χ0n) is 9.52. The average molecular weight is 249 g/mol. The van der Waals surface area contributed by atoms with Crippen LogP contribution in [-0.4, -0.2) is 15.0 Å². The first-order valence-corrected chi connectivity index (χ1v) is 6.02. The van der Waals surface area contributed by atoms with E-state index in [-0.39, 0.29) is 0 Å². The minimum Gasteiger partial charge on any atom is -0.381 e. The number of rotatable bonds is 2. The molecule has 1 saturated carbocycles. The lowest BCUT2D eigenvalue weighted by Crippen LogP contribution is -2.02. The fourth-order valence-electron chi connectivity index (χ4n) is 1.94. The van der Waals surface area contributed by atoms with E-state index in [2.05, 4.69) is 10.3 Å². The molecule has 0 radical (unpaired) electrons. The average Bonchev–Trinajstić information content (AvgIpc) is 3.06. The number of nitrogens with two attached hydrogens (primary N) is 1. The van der Waals surface area contributed by atoms with Crippen LogP contribution in [0.1, 0.15) is 30.0 Å². The second-order valence-electron chi connectivity index (χ2n) is 4.48. The number of benzene rings is 1. The van der Waals surface area contributed by atoms with Crippen LogP contribution in [0.2, 0.25) is 5.02 Å². The molecule has 0 unspecified atom stereocenters. The van der Waals surface area contributed by atoms with E-state index < -0.39 is 0 Å². The third-order valence-electron chi connectivity index (χ3n) is 3.10. The van der Waals surface area contributed by atoms with Gasteiger partial charge in [-0.1, -0.05) is 22.9 Å². The Morgan fingerprint density at radius 1 is 1.41 bits per heavy atom. The molecule has 88 valence electrons. The Bertz CT molecular complexity index is 572. The summed E-state index contributed by atoms with van der Waals surface area (Å²) in [7, 11) is 0. The fraction of sp³-hybridized carbons (Fsp3) is 0.333. The fourth-order valence-corrected chi connectivity index (χ4v) is 2.12. The summed E-state index contributed by atoms with van der Waals surface area (Å²) in [6.45, 7) is 1.98. The number of anilines is 1. The molecule has 0 aliphatic heterocycles. The number of halogens is 1. The van der Waals surface area contributed by atoms with Crippen LogP contribution in [-0.2, 0) is 0 Å². The second kappa shape index (κ2) is 3.74. The van der Waals surface area contributed by atoms with Gasteiger partial charge in [-0.05, 0) is 37.5 Å². The van der Waals surface area contributed by atoms with E-state index in [4.69, 9.17) is 17.3 Å². The van der Waals surface area contributed by atoms with Gasteiger partial charge in [0, 0.05) is 10.9 Å². The van der Waals surface area contributed by atoms with Crippen molar-refractivity contribution in [3.8, 4) is 5.69 Å². The molecule has 0 bridgehead atoms. The van der Waals surface area contributed by atoms with Crippen molar-refractivity contribution in [3.63, 3.8) is 0 Å². The van der Waals surface area contributed by atoms with Crippen molar-refractivity contribution in [1.29, 1.82) is 0 Å². The standard InChI is InChI=1S/C12H13ClN4/c1-7-2-5-9(6-10(7)13)17-11(8-3-4-8)12(14)15-16-17/h2,5-6,8H,3-4,14H2,1H3. The Hall–Kier alpha value is -1.55. The molecule has 2 aromatic rings. The van der Waals surface area contributed by atoms with Gasteiger partial charge in [0.05, 0.1) is 11.4 Å². The molecule has 17 heavy (non-hydrogen) atoms. The Kier molecular flexibility index (Phi) is 2.33. The quantitative estimate of drug-likeness (QED) is 0.889. The zero-order valence-corrected chi connectivity index (χ0v) is 10.3. The smallest absolute Gasteiger partial charge is 0.169 e. The summed E-state index contributed by atoms with van der Waals surface area (Å²) in [6, 6.07) is 5.87. The maximum atomic E-state index is 6.13. The Morgan fingerprint density at radius 2 is 2.18 bits per heavy atom. The molecule has 1 fully saturated rings. The summed E-state index contributed by atoms with van der Waals surface area (Å²) in [5.74, 6) is 1.04. The number of aromatic nitrogens is 3. The highest BCUT2D eigenvalue weighted by Gasteiger charge is 2.31. The predicted octanol–water partition coefficient (Wildman–Crippen LogP) is 2.69. The number of hydrogen-bond acceptors (Lipinski definition) is 3. The van der Waals surface area contributed by atoms with Gasteiger partial charge < -0.3 is 5.73 Å². The molecule has 0 amide bonds. The molecule has 1 heterocycles. The highest BCUT2D eigenvalue weighted by atomic mass is 35.5. The van der Waals surface area contributed by atoms with Crippen molar-refractivity contribution >= 4 is 17.4 Å². The van der Waals surface area contributed by atoms with E-state index in [1.165, 1.54) is 0 Å². The highest BCUT2D eigenvalue weighted by molar-refractivity contribution is 6.31. The SMILES string of the molecule is Cc1ccc(-n2nnc(N)c2C2CC2)cc1Cl. The van der Waals surface area contributed by atoms with Crippen LogP contribution in [0.4, 0.5) is 5.82 Å². The molecule has 0 saturated heterocycles. The number of hydrogen-bond donors (Lipinski definition) is 1. The van der Waals surface area contributed by atoms with Crippen molar-refractivity contribution < 1.29 is 0 Å². The molecule has 0 spiro atoms. The van der Waals surface area contributed by atoms with Gasteiger partial charge in [-0.2, -0.15) is 0 Å². The summed E-state index contributed by atoms with van der Waals surface area (Å²) in [5.41, 5.74) is 8.85. The van der Waals surface area contributed by atoms with Crippen molar-refractivity contribution in [2.75, 3.05) is 5.73 Å². The van der Waals surface area contributed by atoms with Crippen molar-refractivity contribution in [1.82, 2.24) is 15.0 Å². The van der Waals surface area contributed by atoms with Crippen LogP contribution in [0.5, 0.6) is 0 Å². The van der Waals surface area contributed by atoms with E-state index >= 15 is 0 Å². The molecule has 1 aliphatic carbocycles. The maximum absolute atomic E-state index is 6.13. The second-order valence-corrected chi connectivity index (χ2v) is 4.89. The van der Waals surface area contributed by atoms with E-state index in [1.54, 1.807) is 4.68 Å². The summed E-state index contributed by atoms with van der Waals surface area (Å²) in [6.07, 6.45) is 2.33. The Labute approximate surface area is 104 Å². The normalized spacial score (nSPS) is 15.2. The largest absolute Gasteiger partial charge is 0.381 e. The van der Waals surface area contributed by atoms with Crippen LogP contribution in [0.3, 0.4) is 0 Å². The molecule has 1 aliphatic rings. The number of nitrogens with zero attached hydrogens (tertiary/aromatic N) is 3. The maximum Gasteiger partial charge on any atom is 0.169 e. The van der Waals surface area contributed by atoms with Crippen LogP contribution in [0.15, 0.2) is 18.2 Å². The number of aryl methyl sites for hydroxylation is 1. The minimum atomic E-state index is 0.505. The van der Waals surface area contributed by atoms with Crippen LogP contribution in [0.25, 0.3) is 5.69 Å². The lowest BCUT2D eigenvalue weighted by molar-refractivity contribution is 0.763. The Morgan fingerprint density at radius 3 is 2.82 bits per heavy atom. The third-order valence-corrected chi connectivity index (χ3v) is 3.50.